The smallest absolute Gasteiger partial charge is 0.412 e. The number of benzene rings is 2. The van der Waals surface area contributed by atoms with Gasteiger partial charge in [-0.1, -0.05) is 23.7 Å². The van der Waals surface area contributed by atoms with E-state index in [1.807, 2.05) is 0 Å². The van der Waals surface area contributed by atoms with Crippen molar-refractivity contribution in [3.63, 3.8) is 0 Å². The second-order valence-corrected chi connectivity index (χ2v) is 9.22. The minimum absolute atomic E-state index is 0.0731. The number of likely N-dealkylation sites (N-methyl/N-ethyl adjacent to an activating group) is 1. The third-order valence-corrected chi connectivity index (χ3v) is 6.58. The number of anilines is 1. The number of fused-ring (bicyclic) bond motifs is 1. The van der Waals surface area contributed by atoms with E-state index in [0.717, 1.165) is 0 Å². The predicted octanol–water partition coefficient (Wildman–Crippen LogP) is 4.79. The van der Waals surface area contributed by atoms with Crippen LogP contribution in [-0.2, 0) is 20.8 Å². The molecule has 38 heavy (non-hydrogen) atoms. The first-order chi connectivity index (χ1) is 18.1. The van der Waals surface area contributed by atoms with Crippen molar-refractivity contribution >= 4 is 58.9 Å². The molecule has 0 fully saturated rings. The summed E-state index contributed by atoms with van der Waals surface area (Å²) >= 11 is 10.4. The Morgan fingerprint density at radius 1 is 1.16 bits per heavy atom. The molecule has 1 aromatic heterocycles. The number of carbonyl (C=O) groups excluding carboxylic acids is 3. The summed E-state index contributed by atoms with van der Waals surface area (Å²) in [7, 11) is 2.64. The molecule has 0 aliphatic heterocycles. The van der Waals surface area contributed by atoms with Crippen LogP contribution in [0.4, 0.5) is 24.2 Å². The van der Waals surface area contributed by atoms with Crippen LogP contribution >= 0.6 is 24.2 Å². The summed E-state index contributed by atoms with van der Waals surface area (Å²) in [5.74, 6) is -1.51. The zero-order valence-corrected chi connectivity index (χ0v) is 22.1. The lowest BCUT2D eigenvalue weighted by atomic mass is 10.1. The Morgan fingerprint density at radius 3 is 2.66 bits per heavy atom. The number of methoxy groups -OCH3 is 1. The van der Waals surface area contributed by atoms with Crippen LogP contribution in [0.5, 0.6) is 0 Å². The predicted molar refractivity (Wildman–Crippen MR) is 141 cm³/mol. The van der Waals surface area contributed by atoms with Gasteiger partial charge in [0.1, 0.15) is 24.1 Å². The maximum Gasteiger partial charge on any atom is 0.412 e. The van der Waals surface area contributed by atoms with Crippen LogP contribution in [-0.4, -0.2) is 60.0 Å². The molecule has 0 aliphatic carbocycles. The fourth-order valence-electron chi connectivity index (χ4n) is 3.48. The third kappa shape index (κ3) is 7.68. The third-order valence-electron chi connectivity index (χ3n) is 5.63. The zero-order valence-electron chi connectivity index (χ0n) is 20.4. The highest BCUT2D eigenvalue weighted by molar-refractivity contribution is 7.81. The van der Waals surface area contributed by atoms with E-state index in [1.165, 1.54) is 55.6 Å². The molecule has 2 N–H and O–H groups in total. The molecule has 0 saturated heterocycles. The summed E-state index contributed by atoms with van der Waals surface area (Å²) < 4.78 is 37.2. The zero-order chi connectivity index (χ0) is 27.8. The highest BCUT2D eigenvalue weighted by atomic mass is 35.5. The average molecular weight is 567 g/mol. The van der Waals surface area contributed by atoms with E-state index < -0.39 is 41.0 Å². The van der Waals surface area contributed by atoms with Gasteiger partial charge in [0.15, 0.2) is 0 Å². The van der Waals surface area contributed by atoms with Gasteiger partial charge in [-0.25, -0.2) is 23.4 Å². The monoisotopic (exact) mass is 566 g/mol. The molecule has 9 nitrogen and oxygen atoms in total. The van der Waals surface area contributed by atoms with Crippen molar-refractivity contribution in [1.82, 2.24) is 15.2 Å². The largest absolute Gasteiger partial charge is 0.469 e. The van der Waals surface area contributed by atoms with Crippen LogP contribution < -0.4 is 10.6 Å². The molecule has 2 atom stereocenters. The molecule has 0 aliphatic rings. The van der Waals surface area contributed by atoms with Gasteiger partial charge in [0.2, 0.25) is 0 Å². The molecular formula is C25H25ClF2N4O5S. The van der Waals surface area contributed by atoms with E-state index >= 15 is 0 Å². The van der Waals surface area contributed by atoms with Gasteiger partial charge in [-0.2, -0.15) is 12.6 Å². The van der Waals surface area contributed by atoms with E-state index in [-0.39, 0.29) is 30.4 Å². The molecule has 2 aromatic carbocycles. The molecule has 3 rings (SSSR count). The van der Waals surface area contributed by atoms with Gasteiger partial charge in [0, 0.05) is 30.4 Å². The molecule has 13 heteroatoms. The molecule has 0 unspecified atom stereocenters. The quantitative estimate of drug-likeness (QED) is 0.254. The number of rotatable bonds is 9. The van der Waals surface area contributed by atoms with Crippen LogP contribution in [0.1, 0.15) is 12.0 Å². The van der Waals surface area contributed by atoms with Crippen molar-refractivity contribution in [1.29, 1.82) is 0 Å². The summed E-state index contributed by atoms with van der Waals surface area (Å²) in [5.41, 5.74) is 0.361. The van der Waals surface area contributed by atoms with E-state index in [9.17, 15) is 23.2 Å². The number of hydrogen-bond acceptors (Lipinski definition) is 7. The van der Waals surface area contributed by atoms with Crippen molar-refractivity contribution in [2.45, 2.75) is 24.3 Å². The standard InChI is InChI=1S/C25H25ClF2N4O5S/c1-32(24(34)30-12-15-4-3-5-18(28)23(15)26)19(20(38)10-22(33)36-2)13-37-25(35)31-21-9-16-8-17(27)7-6-14(16)11-29-21/h3-9,11,19-20,38H,10,12-13H2,1-2H3,(H,30,34)(H,29,31,35)/t19-,20-/m1/s1. The molecular weight excluding hydrogens is 542 g/mol. The fourth-order valence-corrected chi connectivity index (χ4v) is 4.11. The maximum absolute atomic E-state index is 13.7. The number of nitrogens with zero attached hydrogens (tertiary/aromatic N) is 2. The van der Waals surface area contributed by atoms with Gasteiger partial charge in [-0.15, -0.1) is 0 Å². The Kier molecular flexibility index (Phi) is 10.1. The van der Waals surface area contributed by atoms with Gasteiger partial charge >= 0.3 is 18.1 Å². The van der Waals surface area contributed by atoms with Gasteiger partial charge in [-0.05, 0) is 41.3 Å². The highest BCUT2D eigenvalue weighted by Crippen LogP contribution is 2.21. The second kappa shape index (κ2) is 13.2. The molecule has 3 amide bonds. The van der Waals surface area contributed by atoms with E-state index in [2.05, 4.69) is 33.0 Å². The fraction of sp³-hybridized carbons (Fsp3) is 0.280. The number of ether oxygens (including phenoxy) is 2. The molecule has 0 saturated carbocycles. The number of esters is 1. The number of thiol groups is 1. The number of urea groups is 1. The highest BCUT2D eigenvalue weighted by Gasteiger charge is 2.30. The van der Waals surface area contributed by atoms with Crippen molar-refractivity contribution in [3.8, 4) is 0 Å². The van der Waals surface area contributed by atoms with Crippen molar-refractivity contribution in [2.24, 2.45) is 0 Å². The molecule has 202 valence electrons. The van der Waals surface area contributed by atoms with Gasteiger partial charge in [-0.3, -0.25) is 10.1 Å². The summed E-state index contributed by atoms with van der Waals surface area (Å²) in [6, 6.07) is 8.37. The van der Waals surface area contributed by atoms with Crippen LogP contribution in [0, 0.1) is 11.6 Å². The van der Waals surface area contributed by atoms with Gasteiger partial charge in [0.05, 0.1) is 24.6 Å². The summed E-state index contributed by atoms with van der Waals surface area (Å²) in [4.78, 5) is 42.4. The number of carbonyl (C=O) groups is 3. The first-order valence-electron chi connectivity index (χ1n) is 11.3. The Bertz CT molecular complexity index is 1330. The number of pyridine rings is 1. The molecule has 0 spiro atoms. The molecule has 1 heterocycles. The average Bonchev–Trinajstić information content (AvgIpc) is 2.88. The van der Waals surface area contributed by atoms with Crippen molar-refractivity contribution in [2.75, 3.05) is 26.1 Å². The van der Waals surface area contributed by atoms with E-state index in [1.54, 1.807) is 12.1 Å². The van der Waals surface area contributed by atoms with Crippen molar-refractivity contribution in [3.05, 3.63) is 70.9 Å². The van der Waals surface area contributed by atoms with Crippen molar-refractivity contribution < 1.29 is 32.6 Å². The Balaban J connectivity index is 1.66. The maximum atomic E-state index is 13.7. The lowest BCUT2D eigenvalue weighted by Gasteiger charge is -2.31. The topological polar surface area (TPSA) is 110 Å². The Hall–Kier alpha value is -3.64. The first kappa shape index (κ1) is 28.9. The SMILES string of the molecule is COC(=O)C[C@@H](S)[C@@H](COC(=O)Nc1cc2cc(F)ccc2cn1)N(C)C(=O)NCc1cccc(F)c1Cl. The van der Waals surface area contributed by atoms with E-state index in [4.69, 9.17) is 16.3 Å². The molecule has 0 bridgehead atoms. The number of hydrogen-bond donors (Lipinski definition) is 3. The van der Waals surface area contributed by atoms with Crippen LogP contribution in [0.15, 0.2) is 48.7 Å². The summed E-state index contributed by atoms with van der Waals surface area (Å²) in [5, 5.41) is 5.37. The lowest BCUT2D eigenvalue weighted by molar-refractivity contribution is -0.140. The number of nitrogens with one attached hydrogen (secondary N) is 2. The van der Waals surface area contributed by atoms with Crippen LogP contribution in [0.2, 0.25) is 5.02 Å². The number of amides is 3. The number of halogens is 3. The second-order valence-electron chi connectivity index (χ2n) is 8.18. The number of aromatic nitrogens is 1. The van der Waals surface area contributed by atoms with Crippen LogP contribution in [0.3, 0.4) is 0 Å². The summed E-state index contributed by atoms with van der Waals surface area (Å²) in [6.07, 6.45) is 0.397. The van der Waals surface area contributed by atoms with Gasteiger partial charge in [0.25, 0.3) is 0 Å². The lowest BCUT2D eigenvalue weighted by Crippen LogP contribution is -2.50. The van der Waals surface area contributed by atoms with Gasteiger partial charge < -0.3 is 19.7 Å². The summed E-state index contributed by atoms with van der Waals surface area (Å²) in [6.45, 7) is -0.417. The van der Waals surface area contributed by atoms with Crippen LogP contribution in [0.25, 0.3) is 10.8 Å². The van der Waals surface area contributed by atoms with E-state index in [0.29, 0.717) is 16.3 Å². The molecule has 3 aromatic rings. The first-order valence-corrected chi connectivity index (χ1v) is 12.2. The normalized spacial score (nSPS) is 12.4. The Labute approximate surface area is 227 Å². The minimum Gasteiger partial charge on any atom is -0.469 e. The molecule has 0 radical (unpaired) electrons. The Morgan fingerprint density at radius 2 is 1.92 bits per heavy atom. The minimum atomic E-state index is -0.891.